The molecule has 0 unspecified atom stereocenters. The SMILES string of the molecule is C#Cc1ccc(C#N)c(Nc2ncnc3cc(O[C@H]4CCOC4)c(NC(=O)C=CCN(CC)CC)cc23)c1. The summed E-state index contributed by atoms with van der Waals surface area (Å²) in [7, 11) is 0. The fourth-order valence-electron chi connectivity index (χ4n) is 4.09. The van der Waals surface area contributed by atoms with Crippen LogP contribution in [0.15, 0.2) is 48.8 Å². The number of amides is 1. The lowest BCUT2D eigenvalue weighted by Crippen LogP contribution is -2.23. The summed E-state index contributed by atoms with van der Waals surface area (Å²) in [4.78, 5) is 23.8. The third-order valence-electron chi connectivity index (χ3n) is 6.26. The number of benzene rings is 2. The number of rotatable bonds is 10. The van der Waals surface area contributed by atoms with E-state index in [0.29, 0.717) is 64.7 Å². The maximum Gasteiger partial charge on any atom is 0.248 e. The Kier molecular flexibility index (Phi) is 8.89. The number of hydrogen-bond donors (Lipinski definition) is 2. The lowest BCUT2D eigenvalue weighted by Gasteiger charge is -2.18. The van der Waals surface area contributed by atoms with Crippen LogP contribution in [0.3, 0.4) is 0 Å². The van der Waals surface area contributed by atoms with Gasteiger partial charge in [0.2, 0.25) is 5.91 Å². The first-order valence-corrected chi connectivity index (χ1v) is 12.5. The van der Waals surface area contributed by atoms with Crippen molar-refractivity contribution < 1.29 is 14.3 Å². The van der Waals surface area contributed by atoms with E-state index in [2.05, 4.69) is 51.3 Å². The third-order valence-corrected chi connectivity index (χ3v) is 6.26. The van der Waals surface area contributed by atoms with Crippen molar-refractivity contribution in [1.29, 1.82) is 5.26 Å². The van der Waals surface area contributed by atoms with E-state index in [1.807, 2.05) is 6.08 Å². The molecule has 1 aromatic heterocycles. The summed E-state index contributed by atoms with van der Waals surface area (Å²) in [6.45, 7) is 7.76. The van der Waals surface area contributed by atoms with Gasteiger partial charge in [0, 0.05) is 36.1 Å². The van der Waals surface area contributed by atoms with Gasteiger partial charge >= 0.3 is 0 Å². The molecule has 0 radical (unpaired) electrons. The maximum atomic E-state index is 12.8. The second-order valence-corrected chi connectivity index (χ2v) is 8.71. The fourth-order valence-corrected chi connectivity index (χ4v) is 4.09. The van der Waals surface area contributed by atoms with Crippen molar-refractivity contribution >= 4 is 34.0 Å². The summed E-state index contributed by atoms with van der Waals surface area (Å²) in [5.41, 5.74) is 2.67. The zero-order chi connectivity index (χ0) is 26.9. The minimum atomic E-state index is -0.274. The number of nitrogens with one attached hydrogen (secondary N) is 2. The van der Waals surface area contributed by atoms with Gasteiger partial charge in [-0.15, -0.1) is 6.42 Å². The number of terminal acetylenes is 1. The minimum absolute atomic E-state index is 0.120. The van der Waals surface area contributed by atoms with Crippen LogP contribution in [0.4, 0.5) is 17.2 Å². The highest BCUT2D eigenvalue weighted by atomic mass is 16.5. The largest absolute Gasteiger partial charge is 0.486 e. The molecule has 2 heterocycles. The van der Waals surface area contributed by atoms with E-state index in [4.69, 9.17) is 15.9 Å². The first-order chi connectivity index (χ1) is 18.5. The summed E-state index contributed by atoms with van der Waals surface area (Å²) in [6.07, 6.45) is 11.0. The number of nitriles is 1. The molecule has 1 atom stereocenters. The van der Waals surface area contributed by atoms with Crippen LogP contribution in [0.1, 0.15) is 31.4 Å². The van der Waals surface area contributed by atoms with Crippen LogP contribution in [0.2, 0.25) is 0 Å². The summed E-state index contributed by atoms with van der Waals surface area (Å²) < 4.78 is 11.7. The third kappa shape index (κ3) is 6.46. The molecule has 9 heteroatoms. The first kappa shape index (κ1) is 26.6. The van der Waals surface area contributed by atoms with Gasteiger partial charge in [0.15, 0.2) is 0 Å². The Bertz CT molecular complexity index is 1410. The van der Waals surface area contributed by atoms with Crippen molar-refractivity contribution in [3.63, 3.8) is 0 Å². The van der Waals surface area contributed by atoms with E-state index in [1.54, 1.807) is 30.3 Å². The highest BCUT2D eigenvalue weighted by Gasteiger charge is 2.21. The number of likely N-dealkylation sites (N-methyl/N-ethyl adjacent to an activating group) is 1. The Labute approximate surface area is 222 Å². The molecule has 2 N–H and O–H groups in total. The number of aromatic nitrogens is 2. The Balaban J connectivity index is 1.69. The number of carbonyl (C=O) groups excluding carboxylic acids is 1. The average molecular weight is 511 g/mol. The van der Waals surface area contributed by atoms with Crippen molar-refractivity contribution in [2.24, 2.45) is 0 Å². The lowest BCUT2D eigenvalue weighted by molar-refractivity contribution is -0.111. The molecule has 0 spiro atoms. The van der Waals surface area contributed by atoms with Crippen molar-refractivity contribution in [2.45, 2.75) is 26.4 Å². The normalized spacial score (nSPS) is 14.9. The molecule has 0 aliphatic carbocycles. The Morgan fingerprint density at radius 2 is 2.11 bits per heavy atom. The van der Waals surface area contributed by atoms with Gasteiger partial charge < -0.3 is 25.0 Å². The molecule has 9 nitrogen and oxygen atoms in total. The van der Waals surface area contributed by atoms with Crippen molar-refractivity contribution in [2.75, 3.05) is 43.5 Å². The Morgan fingerprint density at radius 1 is 1.26 bits per heavy atom. The lowest BCUT2D eigenvalue weighted by atomic mass is 10.1. The summed E-state index contributed by atoms with van der Waals surface area (Å²) in [6, 6.07) is 10.8. The molecule has 1 saturated heterocycles. The molecule has 194 valence electrons. The molecule has 1 aliphatic rings. The smallest absolute Gasteiger partial charge is 0.248 e. The second-order valence-electron chi connectivity index (χ2n) is 8.71. The van der Waals surface area contributed by atoms with E-state index in [-0.39, 0.29) is 12.0 Å². The van der Waals surface area contributed by atoms with Gasteiger partial charge in [-0.05, 0) is 37.4 Å². The van der Waals surface area contributed by atoms with Gasteiger partial charge in [-0.3, -0.25) is 4.79 Å². The van der Waals surface area contributed by atoms with Gasteiger partial charge in [0.1, 0.15) is 30.1 Å². The van der Waals surface area contributed by atoms with Crippen molar-refractivity contribution in [3.8, 4) is 24.2 Å². The van der Waals surface area contributed by atoms with Gasteiger partial charge in [0.05, 0.1) is 35.7 Å². The summed E-state index contributed by atoms with van der Waals surface area (Å²) >= 11 is 0. The molecule has 1 fully saturated rings. The van der Waals surface area contributed by atoms with E-state index in [1.165, 1.54) is 12.4 Å². The molecular formula is C29H30N6O3. The average Bonchev–Trinajstić information content (AvgIpc) is 3.45. The van der Waals surface area contributed by atoms with E-state index in [0.717, 1.165) is 19.5 Å². The van der Waals surface area contributed by atoms with Crippen LogP contribution in [-0.4, -0.2) is 59.7 Å². The molecule has 3 aromatic rings. The van der Waals surface area contributed by atoms with Gasteiger partial charge in [-0.25, -0.2) is 9.97 Å². The predicted molar refractivity (Wildman–Crippen MR) is 147 cm³/mol. The van der Waals surface area contributed by atoms with Crippen molar-refractivity contribution in [3.05, 3.63) is 59.9 Å². The van der Waals surface area contributed by atoms with Crippen LogP contribution < -0.4 is 15.4 Å². The zero-order valence-corrected chi connectivity index (χ0v) is 21.5. The molecule has 2 aromatic carbocycles. The van der Waals surface area contributed by atoms with Crippen LogP contribution in [0.25, 0.3) is 10.9 Å². The van der Waals surface area contributed by atoms with Gasteiger partial charge in [-0.1, -0.05) is 25.8 Å². The molecule has 0 bridgehead atoms. The van der Waals surface area contributed by atoms with E-state index < -0.39 is 0 Å². The maximum absolute atomic E-state index is 12.8. The van der Waals surface area contributed by atoms with Gasteiger partial charge in [0.25, 0.3) is 0 Å². The zero-order valence-electron chi connectivity index (χ0n) is 21.5. The molecule has 4 rings (SSSR count). The number of fused-ring (bicyclic) bond motifs is 1. The van der Waals surface area contributed by atoms with Crippen LogP contribution in [-0.2, 0) is 9.53 Å². The molecule has 0 saturated carbocycles. The second kappa shape index (κ2) is 12.7. The highest BCUT2D eigenvalue weighted by molar-refractivity contribution is 6.03. The topological polar surface area (TPSA) is 112 Å². The number of carbonyl (C=O) groups is 1. The number of hydrogen-bond acceptors (Lipinski definition) is 8. The summed E-state index contributed by atoms with van der Waals surface area (Å²) in [5.74, 6) is 3.26. The number of ether oxygens (including phenoxy) is 2. The molecule has 38 heavy (non-hydrogen) atoms. The van der Waals surface area contributed by atoms with Gasteiger partial charge in [-0.2, -0.15) is 5.26 Å². The molecule has 1 aliphatic heterocycles. The highest BCUT2D eigenvalue weighted by Crippen LogP contribution is 2.35. The Morgan fingerprint density at radius 3 is 2.82 bits per heavy atom. The van der Waals surface area contributed by atoms with Crippen LogP contribution >= 0.6 is 0 Å². The van der Waals surface area contributed by atoms with Crippen molar-refractivity contribution in [1.82, 2.24) is 14.9 Å². The number of anilines is 3. The van der Waals surface area contributed by atoms with E-state index in [9.17, 15) is 10.1 Å². The molecule has 1 amide bonds. The van der Waals surface area contributed by atoms with E-state index >= 15 is 0 Å². The monoisotopic (exact) mass is 510 g/mol. The first-order valence-electron chi connectivity index (χ1n) is 12.5. The number of nitrogens with zero attached hydrogens (tertiary/aromatic N) is 4. The van der Waals surface area contributed by atoms with Crippen LogP contribution in [0.5, 0.6) is 5.75 Å². The molecular weight excluding hydrogens is 480 g/mol. The van der Waals surface area contributed by atoms with Crippen LogP contribution in [0, 0.1) is 23.7 Å². The standard InChI is InChI=1S/C29H30N6O3/c1-4-20-9-10-21(17-30)24(14-20)34-29-23-15-26(33-28(36)8-7-12-35(5-2)6-3)27(16-25(23)31-19-32-29)38-22-11-13-37-18-22/h1,7-10,14-16,19,22H,5-6,11-13,18H2,2-3H3,(H,33,36)(H,31,32,34)/t22-/m0/s1. The summed E-state index contributed by atoms with van der Waals surface area (Å²) in [5, 5.41) is 16.4. The quantitative estimate of drug-likeness (QED) is 0.308. The predicted octanol–water partition coefficient (Wildman–Crippen LogP) is 4.23. The Hall–Kier alpha value is -4.44. The fraction of sp³-hybridized carbons (Fsp3) is 0.310. The minimum Gasteiger partial charge on any atom is -0.486 e.